The van der Waals surface area contributed by atoms with E-state index in [1.165, 1.54) is 21.9 Å². The summed E-state index contributed by atoms with van der Waals surface area (Å²) in [6.07, 6.45) is 0. The molecule has 96 valence electrons. The van der Waals surface area contributed by atoms with Gasteiger partial charge in [-0.25, -0.2) is 0 Å². The zero-order valence-corrected chi connectivity index (χ0v) is 12.9. The summed E-state index contributed by atoms with van der Waals surface area (Å²) < 4.78 is 5.80. The molecule has 1 atom stereocenters. The molecular formula is C16H22OSi. The van der Waals surface area contributed by atoms with Gasteiger partial charge in [0.05, 0.1) is 13.8 Å². The van der Waals surface area contributed by atoms with Gasteiger partial charge in [-0.2, -0.15) is 0 Å². The average molecular weight is 258 g/mol. The van der Waals surface area contributed by atoms with E-state index in [0.717, 1.165) is 0 Å². The topological polar surface area (TPSA) is 9.23 Å². The first-order valence-electron chi connectivity index (χ1n) is 6.45. The molecule has 1 nitrogen and oxygen atoms in total. The summed E-state index contributed by atoms with van der Waals surface area (Å²) in [5.74, 6) is 0. The molecule has 0 amide bonds. The van der Waals surface area contributed by atoms with Gasteiger partial charge < -0.3 is 4.74 Å². The molecule has 0 fully saturated rings. The van der Waals surface area contributed by atoms with Crippen molar-refractivity contribution in [2.75, 3.05) is 7.11 Å². The van der Waals surface area contributed by atoms with E-state index in [1.54, 1.807) is 0 Å². The lowest BCUT2D eigenvalue weighted by molar-refractivity contribution is 0.161. The third kappa shape index (κ3) is 2.50. The number of methoxy groups -OCH3 is 1. The van der Waals surface area contributed by atoms with Crippen molar-refractivity contribution < 1.29 is 4.74 Å². The van der Waals surface area contributed by atoms with Crippen LogP contribution in [0, 0.1) is 6.92 Å². The van der Waals surface area contributed by atoms with Gasteiger partial charge in [-0.1, -0.05) is 61.6 Å². The van der Waals surface area contributed by atoms with E-state index in [4.69, 9.17) is 4.74 Å². The molecule has 1 unspecified atom stereocenters. The molecule has 0 heterocycles. The number of hydrogen-bond acceptors (Lipinski definition) is 1. The van der Waals surface area contributed by atoms with Crippen LogP contribution in [0.3, 0.4) is 0 Å². The maximum Gasteiger partial charge on any atom is 0.0842 e. The average Bonchev–Trinajstić information content (AvgIpc) is 2.27. The second-order valence-electron chi connectivity index (χ2n) is 6.05. The summed E-state index contributed by atoms with van der Waals surface area (Å²) >= 11 is 0. The van der Waals surface area contributed by atoms with Crippen molar-refractivity contribution >= 4 is 18.8 Å². The van der Waals surface area contributed by atoms with Crippen molar-refractivity contribution in [3.8, 4) is 0 Å². The second-order valence-corrected chi connectivity index (χ2v) is 11.3. The molecule has 2 aromatic rings. The minimum atomic E-state index is -1.38. The summed E-state index contributed by atoms with van der Waals surface area (Å²) in [6, 6.07) is 13.2. The van der Waals surface area contributed by atoms with Crippen LogP contribution in [-0.2, 0) is 4.74 Å². The van der Waals surface area contributed by atoms with Crippen molar-refractivity contribution in [1.82, 2.24) is 0 Å². The van der Waals surface area contributed by atoms with Crippen LogP contribution < -0.4 is 0 Å². The van der Waals surface area contributed by atoms with E-state index in [2.05, 4.69) is 63.0 Å². The largest absolute Gasteiger partial charge is 0.380 e. The molecule has 2 heteroatoms. The normalized spacial score (nSPS) is 13.8. The first-order valence-corrected chi connectivity index (χ1v) is 10.0. The fraction of sp³-hybridized carbons (Fsp3) is 0.375. The summed E-state index contributed by atoms with van der Waals surface area (Å²) in [6.45, 7) is 9.20. The van der Waals surface area contributed by atoms with Gasteiger partial charge in [0.15, 0.2) is 0 Å². The number of aryl methyl sites for hydroxylation is 1. The fourth-order valence-corrected chi connectivity index (χ4v) is 4.50. The zero-order valence-electron chi connectivity index (χ0n) is 11.9. The molecule has 0 aliphatic rings. The quantitative estimate of drug-likeness (QED) is 0.724. The van der Waals surface area contributed by atoms with Crippen LogP contribution >= 0.6 is 0 Å². The highest BCUT2D eigenvalue weighted by Gasteiger charge is 2.29. The Morgan fingerprint density at radius 1 is 1.06 bits per heavy atom. The highest BCUT2D eigenvalue weighted by atomic mass is 28.3. The van der Waals surface area contributed by atoms with Gasteiger partial charge in [-0.3, -0.25) is 0 Å². The monoisotopic (exact) mass is 258 g/mol. The van der Waals surface area contributed by atoms with Crippen LogP contribution in [0.25, 0.3) is 10.8 Å². The predicted octanol–water partition coefficient (Wildman–Crippen LogP) is 4.71. The lowest BCUT2D eigenvalue weighted by Crippen LogP contribution is -2.32. The first-order chi connectivity index (χ1) is 8.43. The highest BCUT2D eigenvalue weighted by Crippen LogP contribution is 2.33. The fourth-order valence-electron chi connectivity index (χ4n) is 2.60. The van der Waals surface area contributed by atoms with E-state index < -0.39 is 8.07 Å². The Morgan fingerprint density at radius 2 is 1.78 bits per heavy atom. The van der Waals surface area contributed by atoms with Crippen LogP contribution in [0.2, 0.25) is 19.6 Å². The molecule has 0 spiro atoms. The van der Waals surface area contributed by atoms with Gasteiger partial charge in [0.1, 0.15) is 0 Å². The van der Waals surface area contributed by atoms with Crippen LogP contribution in [-0.4, -0.2) is 15.2 Å². The van der Waals surface area contributed by atoms with Crippen molar-refractivity contribution in [3.05, 3.63) is 47.5 Å². The van der Waals surface area contributed by atoms with Crippen LogP contribution in [0.15, 0.2) is 36.4 Å². The zero-order chi connectivity index (χ0) is 13.3. The van der Waals surface area contributed by atoms with Crippen LogP contribution in [0.4, 0.5) is 0 Å². The van der Waals surface area contributed by atoms with E-state index in [0.29, 0.717) is 0 Å². The van der Waals surface area contributed by atoms with E-state index >= 15 is 0 Å². The van der Waals surface area contributed by atoms with Crippen molar-refractivity contribution in [1.29, 1.82) is 0 Å². The first kappa shape index (κ1) is 13.3. The van der Waals surface area contributed by atoms with Crippen LogP contribution in [0.5, 0.6) is 0 Å². The predicted molar refractivity (Wildman–Crippen MR) is 81.8 cm³/mol. The summed E-state index contributed by atoms with van der Waals surface area (Å²) in [5, 5.41) is 2.64. The van der Waals surface area contributed by atoms with E-state index in [1.807, 2.05) is 7.11 Å². The minimum absolute atomic E-state index is 0.254. The second kappa shape index (κ2) is 4.86. The molecule has 0 aliphatic heterocycles. The Morgan fingerprint density at radius 3 is 2.39 bits per heavy atom. The lowest BCUT2D eigenvalue weighted by Gasteiger charge is -2.29. The van der Waals surface area contributed by atoms with E-state index in [9.17, 15) is 0 Å². The van der Waals surface area contributed by atoms with Crippen molar-refractivity contribution in [3.63, 3.8) is 0 Å². The van der Waals surface area contributed by atoms with Gasteiger partial charge in [0.2, 0.25) is 0 Å². The Bertz CT molecular complexity index is 555. The molecule has 0 aromatic heterocycles. The SMILES string of the molecule is COC(c1cccc2cc(C)ccc12)[Si](C)(C)C. The summed E-state index contributed by atoms with van der Waals surface area (Å²) in [7, 11) is 0.449. The van der Waals surface area contributed by atoms with Crippen molar-refractivity contribution in [2.24, 2.45) is 0 Å². The van der Waals surface area contributed by atoms with Gasteiger partial charge in [0, 0.05) is 7.11 Å². The maximum absolute atomic E-state index is 5.80. The van der Waals surface area contributed by atoms with Gasteiger partial charge >= 0.3 is 0 Å². The molecule has 0 aliphatic carbocycles. The number of ether oxygens (including phenoxy) is 1. The minimum Gasteiger partial charge on any atom is -0.380 e. The number of fused-ring (bicyclic) bond motifs is 1. The van der Waals surface area contributed by atoms with Gasteiger partial charge in [-0.15, -0.1) is 0 Å². The summed E-state index contributed by atoms with van der Waals surface area (Å²) in [5.41, 5.74) is 2.90. The molecule has 0 bridgehead atoms. The molecule has 2 rings (SSSR count). The molecule has 0 saturated carbocycles. The number of rotatable bonds is 3. The van der Waals surface area contributed by atoms with Gasteiger partial charge in [0.25, 0.3) is 0 Å². The third-order valence-electron chi connectivity index (χ3n) is 3.37. The Labute approximate surface area is 111 Å². The van der Waals surface area contributed by atoms with Crippen molar-refractivity contribution in [2.45, 2.75) is 32.3 Å². The Kier molecular flexibility index (Phi) is 3.60. The smallest absolute Gasteiger partial charge is 0.0842 e. The maximum atomic E-state index is 5.80. The molecule has 0 N–H and O–H groups in total. The molecule has 0 saturated heterocycles. The highest BCUT2D eigenvalue weighted by molar-refractivity contribution is 6.77. The lowest BCUT2D eigenvalue weighted by atomic mass is 10.0. The summed E-state index contributed by atoms with van der Waals surface area (Å²) in [4.78, 5) is 0. The Balaban J connectivity index is 2.64. The molecule has 2 aromatic carbocycles. The number of benzene rings is 2. The number of hydrogen-bond donors (Lipinski definition) is 0. The third-order valence-corrected chi connectivity index (χ3v) is 5.49. The van der Waals surface area contributed by atoms with Crippen LogP contribution in [0.1, 0.15) is 16.9 Å². The standard InChI is InChI=1S/C16H22OSi/c1-12-9-10-14-13(11-12)7-6-8-15(14)16(17-2)18(3,4)5/h6-11,16H,1-5H3. The molecule has 18 heavy (non-hydrogen) atoms. The van der Waals surface area contributed by atoms with Gasteiger partial charge in [-0.05, 0) is 23.3 Å². The Hall–Kier alpha value is -1.12. The molecular weight excluding hydrogens is 236 g/mol. The van der Waals surface area contributed by atoms with E-state index in [-0.39, 0.29) is 5.73 Å². The molecule has 0 radical (unpaired) electrons.